The molecule has 2 aromatic rings. The Morgan fingerprint density at radius 1 is 1.50 bits per heavy atom. The lowest BCUT2D eigenvalue weighted by Gasteiger charge is -2.06. The molecule has 2 rings (SSSR count). The van der Waals surface area contributed by atoms with Crippen LogP contribution >= 0.6 is 23.8 Å². The van der Waals surface area contributed by atoms with Crippen molar-refractivity contribution in [1.82, 2.24) is 14.5 Å². The highest BCUT2D eigenvalue weighted by Crippen LogP contribution is 2.16. The number of imidazole rings is 1. The van der Waals surface area contributed by atoms with E-state index in [9.17, 15) is 4.39 Å². The first kappa shape index (κ1) is 11.0. The minimum absolute atomic E-state index is 0.0599. The van der Waals surface area contributed by atoms with E-state index in [1.807, 2.05) is 0 Å². The van der Waals surface area contributed by atoms with Crippen LogP contribution in [0, 0.1) is 5.82 Å². The van der Waals surface area contributed by atoms with Crippen molar-refractivity contribution in [3.63, 3.8) is 0 Å². The number of aromatic nitrogens is 3. The summed E-state index contributed by atoms with van der Waals surface area (Å²) in [5.41, 5.74) is 5.45. The molecule has 7 heteroatoms. The zero-order chi connectivity index (χ0) is 11.7. The standard InChI is InChI=1S/C9H6ClFN4S/c10-5-3-6(11)8(14-4-5)15-2-1-13-9(15)7(12)16/h1-4H,(H2,12,16). The number of halogens is 2. The monoisotopic (exact) mass is 256 g/mol. The van der Waals surface area contributed by atoms with Crippen LogP contribution < -0.4 is 5.73 Å². The highest BCUT2D eigenvalue weighted by molar-refractivity contribution is 7.80. The van der Waals surface area contributed by atoms with Gasteiger partial charge >= 0.3 is 0 Å². The molecule has 0 saturated heterocycles. The Morgan fingerprint density at radius 2 is 2.25 bits per heavy atom. The van der Waals surface area contributed by atoms with Crippen LogP contribution in [-0.2, 0) is 0 Å². The highest BCUT2D eigenvalue weighted by atomic mass is 35.5. The van der Waals surface area contributed by atoms with Crippen molar-refractivity contribution in [3.05, 3.63) is 41.3 Å². The Bertz CT molecular complexity index is 554. The molecule has 0 unspecified atom stereocenters. The van der Waals surface area contributed by atoms with Gasteiger partial charge in [-0.15, -0.1) is 0 Å². The second-order valence-electron chi connectivity index (χ2n) is 2.94. The summed E-state index contributed by atoms with van der Waals surface area (Å²) < 4.78 is 14.9. The molecular formula is C9H6ClFN4S. The number of hydrogen-bond acceptors (Lipinski definition) is 3. The largest absolute Gasteiger partial charge is 0.387 e. The van der Waals surface area contributed by atoms with E-state index in [-0.39, 0.29) is 21.7 Å². The van der Waals surface area contributed by atoms with Crippen LogP contribution in [-0.4, -0.2) is 19.5 Å². The Kier molecular flexibility index (Phi) is 2.84. The van der Waals surface area contributed by atoms with E-state index in [1.165, 1.54) is 23.2 Å². The normalized spacial score (nSPS) is 10.4. The van der Waals surface area contributed by atoms with Gasteiger partial charge in [0, 0.05) is 18.6 Å². The summed E-state index contributed by atoms with van der Waals surface area (Å²) in [5, 5.41) is 0.221. The number of rotatable bonds is 2. The summed E-state index contributed by atoms with van der Waals surface area (Å²) in [7, 11) is 0. The van der Waals surface area contributed by atoms with Crippen LogP contribution in [0.25, 0.3) is 5.82 Å². The fraction of sp³-hybridized carbons (Fsp3) is 0. The van der Waals surface area contributed by atoms with E-state index < -0.39 is 5.82 Å². The number of hydrogen-bond donors (Lipinski definition) is 1. The number of thiocarbonyl (C=S) groups is 1. The topological polar surface area (TPSA) is 56.7 Å². The van der Waals surface area contributed by atoms with Gasteiger partial charge in [-0.25, -0.2) is 14.4 Å². The summed E-state index contributed by atoms with van der Waals surface area (Å²) in [6.45, 7) is 0. The third-order valence-electron chi connectivity index (χ3n) is 1.88. The summed E-state index contributed by atoms with van der Waals surface area (Å²) in [4.78, 5) is 7.85. The molecule has 0 radical (unpaired) electrons. The number of pyridine rings is 1. The zero-order valence-electron chi connectivity index (χ0n) is 7.89. The molecule has 0 spiro atoms. The molecule has 0 aliphatic heterocycles. The molecule has 0 aliphatic carbocycles. The van der Waals surface area contributed by atoms with Gasteiger partial charge in [0.05, 0.1) is 5.02 Å². The molecule has 2 heterocycles. The fourth-order valence-electron chi connectivity index (χ4n) is 1.24. The fourth-order valence-corrected chi connectivity index (χ4v) is 1.54. The second-order valence-corrected chi connectivity index (χ2v) is 3.82. The average molecular weight is 257 g/mol. The molecule has 2 N–H and O–H groups in total. The third kappa shape index (κ3) is 1.89. The van der Waals surface area contributed by atoms with E-state index in [0.717, 1.165) is 6.07 Å². The SMILES string of the molecule is NC(=S)c1nccn1-c1ncc(Cl)cc1F. The molecule has 4 nitrogen and oxygen atoms in total. The van der Waals surface area contributed by atoms with Gasteiger partial charge in [-0.05, 0) is 6.07 Å². The van der Waals surface area contributed by atoms with E-state index in [0.29, 0.717) is 0 Å². The molecule has 0 aromatic carbocycles. The Hall–Kier alpha value is -1.53. The van der Waals surface area contributed by atoms with Gasteiger partial charge in [0.15, 0.2) is 17.5 Å². The lowest BCUT2D eigenvalue weighted by molar-refractivity contribution is 0.609. The zero-order valence-corrected chi connectivity index (χ0v) is 9.46. The van der Waals surface area contributed by atoms with Gasteiger partial charge in [0.25, 0.3) is 0 Å². The Morgan fingerprint density at radius 3 is 2.88 bits per heavy atom. The molecule has 16 heavy (non-hydrogen) atoms. The van der Waals surface area contributed by atoms with Crippen molar-refractivity contribution in [2.24, 2.45) is 5.73 Å². The molecule has 82 valence electrons. The van der Waals surface area contributed by atoms with Crippen molar-refractivity contribution in [3.8, 4) is 5.82 Å². The molecule has 0 bridgehead atoms. The van der Waals surface area contributed by atoms with E-state index in [2.05, 4.69) is 9.97 Å². The summed E-state index contributed by atoms with van der Waals surface area (Å²) in [5.74, 6) is -0.226. The van der Waals surface area contributed by atoms with Crippen molar-refractivity contribution >= 4 is 28.8 Å². The van der Waals surface area contributed by atoms with Crippen LogP contribution in [0.5, 0.6) is 0 Å². The lowest BCUT2D eigenvalue weighted by Crippen LogP contribution is -2.17. The Balaban J connectivity index is 2.59. The highest BCUT2D eigenvalue weighted by Gasteiger charge is 2.12. The van der Waals surface area contributed by atoms with Gasteiger partial charge < -0.3 is 5.73 Å². The van der Waals surface area contributed by atoms with Crippen molar-refractivity contribution in [2.45, 2.75) is 0 Å². The Labute approximate surface area is 101 Å². The maximum absolute atomic E-state index is 13.6. The van der Waals surface area contributed by atoms with Gasteiger partial charge in [-0.3, -0.25) is 4.57 Å². The van der Waals surface area contributed by atoms with Gasteiger partial charge in [-0.1, -0.05) is 23.8 Å². The average Bonchev–Trinajstić information content (AvgIpc) is 2.66. The van der Waals surface area contributed by atoms with E-state index in [4.69, 9.17) is 29.6 Å². The van der Waals surface area contributed by atoms with E-state index >= 15 is 0 Å². The summed E-state index contributed by atoms with van der Waals surface area (Å²) in [6, 6.07) is 1.16. The van der Waals surface area contributed by atoms with Gasteiger partial charge in [0.2, 0.25) is 0 Å². The molecule has 0 fully saturated rings. The van der Waals surface area contributed by atoms with Crippen LogP contribution in [0.2, 0.25) is 5.02 Å². The molecular weight excluding hydrogens is 251 g/mol. The first-order chi connectivity index (χ1) is 7.59. The van der Waals surface area contributed by atoms with Crippen LogP contribution in [0.15, 0.2) is 24.7 Å². The van der Waals surface area contributed by atoms with Gasteiger partial charge in [-0.2, -0.15) is 0 Å². The molecule has 0 atom stereocenters. The van der Waals surface area contributed by atoms with Crippen molar-refractivity contribution in [2.75, 3.05) is 0 Å². The smallest absolute Gasteiger partial charge is 0.174 e. The predicted molar refractivity (Wildman–Crippen MR) is 62.2 cm³/mol. The molecule has 0 saturated carbocycles. The van der Waals surface area contributed by atoms with E-state index in [1.54, 1.807) is 0 Å². The molecule has 0 amide bonds. The minimum Gasteiger partial charge on any atom is -0.387 e. The van der Waals surface area contributed by atoms with Crippen LogP contribution in [0.1, 0.15) is 5.82 Å². The predicted octanol–water partition coefficient (Wildman–Crippen LogP) is 1.69. The second kappa shape index (κ2) is 4.15. The number of nitrogens with zero attached hydrogens (tertiary/aromatic N) is 3. The van der Waals surface area contributed by atoms with Crippen LogP contribution in [0.4, 0.5) is 4.39 Å². The minimum atomic E-state index is -0.567. The van der Waals surface area contributed by atoms with Crippen molar-refractivity contribution in [1.29, 1.82) is 0 Å². The summed E-state index contributed by atoms with van der Waals surface area (Å²) >= 11 is 10.4. The van der Waals surface area contributed by atoms with Crippen LogP contribution in [0.3, 0.4) is 0 Å². The maximum atomic E-state index is 13.6. The first-order valence-corrected chi connectivity index (χ1v) is 5.03. The number of nitrogens with two attached hydrogens (primary N) is 1. The van der Waals surface area contributed by atoms with Crippen molar-refractivity contribution < 1.29 is 4.39 Å². The first-order valence-electron chi connectivity index (χ1n) is 4.24. The third-order valence-corrected chi connectivity index (χ3v) is 2.27. The summed E-state index contributed by atoms with van der Waals surface area (Å²) in [6.07, 6.45) is 4.32. The lowest BCUT2D eigenvalue weighted by atomic mass is 10.4. The quantitative estimate of drug-likeness (QED) is 0.831. The maximum Gasteiger partial charge on any atom is 0.174 e. The molecule has 0 aliphatic rings. The van der Waals surface area contributed by atoms with Gasteiger partial charge in [0.1, 0.15) is 4.99 Å². The molecule has 2 aromatic heterocycles.